The molecule has 2 aromatic heterocycles. The summed E-state index contributed by atoms with van der Waals surface area (Å²) in [7, 11) is 1.57. The van der Waals surface area contributed by atoms with E-state index in [9.17, 15) is 9.59 Å². The first-order valence-corrected chi connectivity index (χ1v) is 14.6. The number of nitrogens with one attached hydrogen (secondary N) is 1. The highest BCUT2D eigenvalue weighted by molar-refractivity contribution is 5.94. The second-order valence-corrected chi connectivity index (χ2v) is 12.4. The summed E-state index contributed by atoms with van der Waals surface area (Å²) in [4.78, 5) is 43.5. The maximum Gasteiger partial charge on any atom is 0.410 e. The van der Waals surface area contributed by atoms with Crippen molar-refractivity contribution in [2.24, 2.45) is 11.8 Å². The molecule has 3 aliphatic rings. The highest BCUT2D eigenvalue weighted by Crippen LogP contribution is 2.38. The molecule has 42 heavy (non-hydrogen) atoms. The molecule has 3 aliphatic heterocycles. The second kappa shape index (κ2) is 11.0. The van der Waals surface area contributed by atoms with Gasteiger partial charge in [-0.3, -0.25) is 9.36 Å². The molecule has 224 valence electrons. The van der Waals surface area contributed by atoms with Gasteiger partial charge in [-0.05, 0) is 58.2 Å². The van der Waals surface area contributed by atoms with Gasteiger partial charge in [0, 0.05) is 57.1 Å². The number of hydrogen-bond acceptors (Lipinski definition) is 9. The average molecular weight is 578 g/mol. The summed E-state index contributed by atoms with van der Waals surface area (Å²) in [6, 6.07) is 5.60. The van der Waals surface area contributed by atoms with Crippen LogP contribution in [-0.4, -0.2) is 81.9 Å². The van der Waals surface area contributed by atoms with E-state index in [0.29, 0.717) is 65.8 Å². The van der Waals surface area contributed by atoms with E-state index in [1.165, 1.54) is 6.92 Å². The van der Waals surface area contributed by atoms with E-state index >= 15 is 0 Å². The fourth-order valence-electron chi connectivity index (χ4n) is 6.18. The zero-order valence-corrected chi connectivity index (χ0v) is 24.9. The lowest BCUT2D eigenvalue weighted by molar-refractivity contribution is -0.114. The molecule has 0 bridgehead atoms. The van der Waals surface area contributed by atoms with Crippen molar-refractivity contribution in [1.29, 1.82) is 0 Å². The minimum atomic E-state index is -0.521. The Kier molecular flexibility index (Phi) is 7.42. The molecule has 1 aromatic carbocycles. The van der Waals surface area contributed by atoms with Crippen LogP contribution in [0.3, 0.4) is 0 Å². The number of methoxy groups -OCH3 is 1. The molecular weight excluding hydrogens is 538 g/mol. The number of anilines is 2. The monoisotopic (exact) mass is 577 g/mol. The molecule has 12 heteroatoms. The molecule has 3 atom stereocenters. The van der Waals surface area contributed by atoms with Gasteiger partial charge in [-0.1, -0.05) is 0 Å². The predicted octanol–water partition coefficient (Wildman–Crippen LogP) is 4.46. The van der Waals surface area contributed by atoms with E-state index in [1.54, 1.807) is 13.4 Å². The van der Waals surface area contributed by atoms with Crippen LogP contribution in [0.25, 0.3) is 22.4 Å². The Bertz CT molecular complexity index is 1480. The lowest BCUT2D eigenvalue weighted by Crippen LogP contribution is -2.37. The molecule has 0 spiro atoms. The SMILES string of the molecule is COc1ccc(-c2nc(N3CC4CN(C(=O)OC(C)(C)C)CC4C3)nc3c2ncn3C2CCCCO2)cc1NC(C)=O. The number of imidazole rings is 1. The third-order valence-corrected chi connectivity index (χ3v) is 8.08. The molecular formula is C30H39N7O5. The number of carbonyl (C=O) groups excluding carboxylic acids is 2. The second-order valence-electron chi connectivity index (χ2n) is 12.4. The number of carbonyl (C=O) groups is 2. The summed E-state index contributed by atoms with van der Waals surface area (Å²) in [5.41, 5.74) is 2.88. The molecule has 1 N–H and O–H groups in total. The van der Waals surface area contributed by atoms with Gasteiger partial charge < -0.3 is 29.3 Å². The molecule has 3 saturated heterocycles. The minimum absolute atomic E-state index is 0.134. The maximum atomic E-state index is 12.7. The third kappa shape index (κ3) is 5.59. The number of likely N-dealkylation sites (tertiary alicyclic amines) is 1. The molecule has 5 heterocycles. The normalized spacial score (nSPS) is 22.4. The maximum absolute atomic E-state index is 12.7. The van der Waals surface area contributed by atoms with E-state index in [-0.39, 0.29) is 18.2 Å². The highest BCUT2D eigenvalue weighted by atomic mass is 16.6. The number of fused-ring (bicyclic) bond motifs is 2. The summed E-state index contributed by atoms with van der Waals surface area (Å²) >= 11 is 0. The standard InChI is InChI=1S/C30H39N7O5/c1-18(38)32-22-12-19(9-10-23(22)40-5)25-26-27(37(17-31-26)24-8-6-7-11-41-24)34-28(33-25)35-13-20-15-36(16-21(20)14-35)29(39)42-30(2,3)4/h9-10,12,17,20-21,24H,6-8,11,13-16H2,1-5H3,(H,32,38). The average Bonchev–Trinajstić information content (AvgIpc) is 3.65. The van der Waals surface area contributed by atoms with Crippen molar-refractivity contribution in [2.45, 2.75) is 58.8 Å². The van der Waals surface area contributed by atoms with Gasteiger partial charge in [0.05, 0.1) is 19.1 Å². The molecule has 3 aromatic rings. The van der Waals surface area contributed by atoms with E-state index < -0.39 is 5.60 Å². The van der Waals surface area contributed by atoms with Gasteiger partial charge in [-0.15, -0.1) is 0 Å². The first-order valence-electron chi connectivity index (χ1n) is 14.6. The summed E-state index contributed by atoms with van der Waals surface area (Å²) < 4.78 is 19.2. The fourth-order valence-corrected chi connectivity index (χ4v) is 6.18. The lowest BCUT2D eigenvalue weighted by Gasteiger charge is -2.26. The van der Waals surface area contributed by atoms with Crippen molar-refractivity contribution in [3.8, 4) is 17.0 Å². The third-order valence-electron chi connectivity index (χ3n) is 8.08. The number of aromatic nitrogens is 4. The Labute approximate surface area is 245 Å². The largest absolute Gasteiger partial charge is 0.495 e. The van der Waals surface area contributed by atoms with Crippen LogP contribution in [0.15, 0.2) is 24.5 Å². The van der Waals surface area contributed by atoms with Gasteiger partial charge in [0.1, 0.15) is 28.8 Å². The van der Waals surface area contributed by atoms with E-state index in [2.05, 4.69) is 10.2 Å². The van der Waals surface area contributed by atoms with Crippen LogP contribution in [0.5, 0.6) is 5.75 Å². The van der Waals surface area contributed by atoms with Crippen LogP contribution >= 0.6 is 0 Å². The molecule has 0 radical (unpaired) electrons. The molecule has 0 saturated carbocycles. The van der Waals surface area contributed by atoms with Crippen molar-refractivity contribution in [2.75, 3.05) is 50.1 Å². The Balaban J connectivity index is 1.35. The van der Waals surface area contributed by atoms with Gasteiger partial charge in [0.25, 0.3) is 0 Å². The molecule has 3 unspecified atom stereocenters. The Hall–Kier alpha value is -3.93. The zero-order chi connectivity index (χ0) is 29.6. The van der Waals surface area contributed by atoms with Crippen molar-refractivity contribution in [1.82, 2.24) is 24.4 Å². The number of benzene rings is 1. The Morgan fingerprint density at radius 1 is 1.07 bits per heavy atom. The van der Waals surface area contributed by atoms with Gasteiger partial charge in [-0.25, -0.2) is 14.8 Å². The van der Waals surface area contributed by atoms with Crippen LogP contribution < -0.4 is 15.0 Å². The van der Waals surface area contributed by atoms with Crippen molar-refractivity contribution in [3.63, 3.8) is 0 Å². The van der Waals surface area contributed by atoms with Crippen LogP contribution in [0.4, 0.5) is 16.4 Å². The van der Waals surface area contributed by atoms with E-state index in [4.69, 9.17) is 29.2 Å². The van der Waals surface area contributed by atoms with Crippen molar-refractivity contribution < 1.29 is 23.8 Å². The number of hydrogen-bond donors (Lipinski definition) is 1. The Morgan fingerprint density at radius 2 is 1.83 bits per heavy atom. The molecule has 0 aliphatic carbocycles. The molecule has 12 nitrogen and oxygen atoms in total. The topological polar surface area (TPSA) is 124 Å². The van der Waals surface area contributed by atoms with Crippen molar-refractivity contribution in [3.05, 3.63) is 24.5 Å². The van der Waals surface area contributed by atoms with Crippen molar-refractivity contribution >= 4 is 34.8 Å². The van der Waals surface area contributed by atoms with Gasteiger partial charge in [0.15, 0.2) is 5.65 Å². The van der Waals surface area contributed by atoms with Crippen LogP contribution in [0.2, 0.25) is 0 Å². The van der Waals surface area contributed by atoms with E-state index in [0.717, 1.165) is 37.9 Å². The smallest absolute Gasteiger partial charge is 0.410 e. The molecule has 6 rings (SSSR count). The quantitative estimate of drug-likeness (QED) is 0.468. The number of ether oxygens (including phenoxy) is 3. The van der Waals surface area contributed by atoms with Gasteiger partial charge in [0.2, 0.25) is 11.9 Å². The van der Waals surface area contributed by atoms with Crippen LogP contribution in [0, 0.1) is 11.8 Å². The number of amides is 2. The molecule has 2 amide bonds. The minimum Gasteiger partial charge on any atom is -0.495 e. The number of rotatable bonds is 5. The Morgan fingerprint density at radius 3 is 2.48 bits per heavy atom. The summed E-state index contributed by atoms with van der Waals surface area (Å²) in [6.45, 7) is 10.6. The summed E-state index contributed by atoms with van der Waals surface area (Å²) in [5, 5.41) is 2.86. The van der Waals surface area contributed by atoms with Crippen LogP contribution in [-0.2, 0) is 14.3 Å². The first-order chi connectivity index (χ1) is 20.1. The first kappa shape index (κ1) is 28.2. The fraction of sp³-hybridized carbons (Fsp3) is 0.567. The summed E-state index contributed by atoms with van der Waals surface area (Å²) in [5.74, 6) is 1.59. The van der Waals surface area contributed by atoms with Gasteiger partial charge >= 0.3 is 6.09 Å². The summed E-state index contributed by atoms with van der Waals surface area (Å²) in [6.07, 6.45) is 4.42. The lowest BCUT2D eigenvalue weighted by atomic mass is 10.0. The van der Waals surface area contributed by atoms with Gasteiger partial charge in [-0.2, -0.15) is 4.98 Å². The van der Waals surface area contributed by atoms with E-state index in [1.807, 2.05) is 48.4 Å². The van der Waals surface area contributed by atoms with Crippen LogP contribution in [0.1, 0.15) is 53.2 Å². The highest BCUT2D eigenvalue weighted by Gasteiger charge is 2.43. The zero-order valence-electron chi connectivity index (χ0n) is 24.9. The molecule has 3 fully saturated rings. The predicted molar refractivity (Wildman–Crippen MR) is 157 cm³/mol. The number of nitrogens with zero attached hydrogens (tertiary/aromatic N) is 6.